The van der Waals surface area contributed by atoms with Crippen LogP contribution in [-0.2, 0) is 36.9 Å². The molecule has 2 aliphatic rings. The van der Waals surface area contributed by atoms with Gasteiger partial charge in [-0.1, -0.05) is 66.9 Å². The lowest BCUT2D eigenvalue weighted by Gasteiger charge is -2.36. The topological polar surface area (TPSA) is 65.1 Å². The first-order valence-corrected chi connectivity index (χ1v) is 10.8. The number of fused-ring (bicyclic) bond motifs is 1. The van der Waals surface area contributed by atoms with Crippen LogP contribution in [0.2, 0.25) is 0 Å². The summed E-state index contributed by atoms with van der Waals surface area (Å²) in [6.45, 7) is 3.12. The molecule has 4 rings (SSSR count). The van der Waals surface area contributed by atoms with Gasteiger partial charge in [0.05, 0.1) is 12.7 Å². The highest BCUT2D eigenvalue weighted by atomic mass is 16.7. The molecule has 0 amide bonds. The summed E-state index contributed by atoms with van der Waals surface area (Å²) in [4.78, 5) is 28.6. The second kappa shape index (κ2) is 9.90. The Morgan fingerprint density at radius 1 is 0.935 bits per heavy atom. The highest BCUT2D eigenvalue weighted by Crippen LogP contribution is 2.25. The third-order valence-corrected chi connectivity index (χ3v) is 5.54. The predicted octanol–water partition coefficient (Wildman–Crippen LogP) is 4.18. The van der Waals surface area contributed by atoms with Gasteiger partial charge in [0.1, 0.15) is 0 Å². The van der Waals surface area contributed by atoms with E-state index in [0.717, 1.165) is 30.6 Å². The molecule has 0 radical (unpaired) electrons. The van der Waals surface area contributed by atoms with E-state index in [2.05, 4.69) is 55.5 Å². The Bertz CT molecular complexity index is 935. The highest BCUT2D eigenvalue weighted by molar-refractivity contribution is 5.92. The Morgan fingerprint density at radius 2 is 1.58 bits per heavy atom. The van der Waals surface area contributed by atoms with Gasteiger partial charge >= 0.3 is 11.9 Å². The number of hydrogen-bond donors (Lipinski definition) is 0. The maximum atomic E-state index is 11.7. The standard InChI is InChI=1S/C25H27NO5/c1-2-3-18-4-8-20(9-5-18)21-10-6-19(7-11-21)17-29-22-14-15-26-23(16-22)30-24(27)12-13-25(28)31-26/h4-13,22-23H,2-3,14-17H2,1H3/b13-12+. The Kier molecular flexibility index (Phi) is 6.79. The van der Waals surface area contributed by atoms with Crippen LogP contribution >= 0.6 is 0 Å². The van der Waals surface area contributed by atoms with Crippen LogP contribution in [0.3, 0.4) is 0 Å². The molecule has 2 atom stereocenters. The first-order valence-electron chi connectivity index (χ1n) is 10.8. The van der Waals surface area contributed by atoms with E-state index in [9.17, 15) is 9.59 Å². The number of piperidine rings is 1. The number of hydroxylamine groups is 2. The molecular formula is C25H27NO5. The van der Waals surface area contributed by atoms with E-state index in [4.69, 9.17) is 14.3 Å². The number of ether oxygens (including phenoxy) is 2. The summed E-state index contributed by atoms with van der Waals surface area (Å²) < 4.78 is 11.4. The van der Waals surface area contributed by atoms with Crippen molar-refractivity contribution in [2.24, 2.45) is 0 Å². The maximum absolute atomic E-state index is 11.7. The number of esters is 1. The number of aryl methyl sites for hydroxylation is 1. The van der Waals surface area contributed by atoms with Gasteiger partial charge in [-0.3, -0.25) is 0 Å². The molecule has 0 aliphatic carbocycles. The lowest BCUT2D eigenvalue weighted by Crippen LogP contribution is -2.48. The first kappa shape index (κ1) is 21.3. The molecule has 2 aromatic rings. The fourth-order valence-electron chi connectivity index (χ4n) is 3.85. The number of rotatable bonds is 6. The number of nitrogens with zero attached hydrogens (tertiary/aromatic N) is 1. The summed E-state index contributed by atoms with van der Waals surface area (Å²) in [5, 5.41) is 1.42. The fraction of sp³-hybridized carbons (Fsp3) is 0.360. The molecule has 0 bridgehead atoms. The average Bonchev–Trinajstić information content (AvgIpc) is 2.78. The van der Waals surface area contributed by atoms with Gasteiger partial charge < -0.3 is 14.3 Å². The molecule has 2 aromatic carbocycles. The van der Waals surface area contributed by atoms with E-state index in [0.29, 0.717) is 26.0 Å². The van der Waals surface area contributed by atoms with Crippen molar-refractivity contribution in [1.82, 2.24) is 5.06 Å². The van der Waals surface area contributed by atoms with Crippen LogP contribution in [0.4, 0.5) is 0 Å². The third-order valence-electron chi connectivity index (χ3n) is 5.54. The van der Waals surface area contributed by atoms with E-state index in [1.807, 2.05) is 0 Å². The highest BCUT2D eigenvalue weighted by Gasteiger charge is 2.35. The summed E-state index contributed by atoms with van der Waals surface area (Å²) >= 11 is 0. The molecule has 0 saturated carbocycles. The van der Waals surface area contributed by atoms with Crippen LogP contribution in [0, 0.1) is 0 Å². The van der Waals surface area contributed by atoms with Gasteiger partial charge in [0.2, 0.25) is 0 Å². The second-order valence-electron chi connectivity index (χ2n) is 7.88. The van der Waals surface area contributed by atoms with E-state index < -0.39 is 18.2 Å². The second-order valence-corrected chi connectivity index (χ2v) is 7.88. The van der Waals surface area contributed by atoms with Gasteiger partial charge in [-0.2, -0.15) is 0 Å². The zero-order valence-corrected chi connectivity index (χ0v) is 17.7. The third kappa shape index (κ3) is 5.60. The van der Waals surface area contributed by atoms with Crippen molar-refractivity contribution in [1.29, 1.82) is 0 Å². The Balaban J connectivity index is 1.32. The molecule has 1 fully saturated rings. The molecular weight excluding hydrogens is 394 g/mol. The van der Waals surface area contributed by atoms with E-state index in [1.54, 1.807) is 0 Å². The Labute approximate surface area is 182 Å². The smallest absolute Gasteiger partial charge is 0.350 e. The molecule has 1 saturated heterocycles. The maximum Gasteiger partial charge on any atom is 0.350 e. The first-order chi connectivity index (χ1) is 15.1. The van der Waals surface area contributed by atoms with Gasteiger partial charge in [0.15, 0.2) is 6.23 Å². The van der Waals surface area contributed by atoms with Crippen LogP contribution in [0.15, 0.2) is 60.7 Å². The fourth-order valence-corrected chi connectivity index (χ4v) is 3.85. The van der Waals surface area contributed by atoms with Crippen molar-refractivity contribution in [2.75, 3.05) is 6.54 Å². The normalized spacial score (nSPS) is 22.6. The van der Waals surface area contributed by atoms with Crippen molar-refractivity contribution in [3.8, 4) is 11.1 Å². The predicted molar refractivity (Wildman–Crippen MR) is 116 cm³/mol. The SMILES string of the molecule is CCCc1ccc(-c2ccc(COC3CCN4OC(=O)/C=C/C(=O)OC4C3)cc2)cc1. The summed E-state index contributed by atoms with van der Waals surface area (Å²) in [6.07, 6.45) is 4.85. The van der Waals surface area contributed by atoms with Crippen molar-refractivity contribution in [2.45, 2.75) is 51.5 Å². The molecule has 6 nitrogen and oxygen atoms in total. The van der Waals surface area contributed by atoms with Crippen LogP contribution < -0.4 is 0 Å². The Hall–Kier alpha value is -2.96. The number of benzene rings is 2. The van der Waals surface area contributed by atoms with E-state index in [-0.39, 0.29) is 6.10 Å². The van der Waals surface area contributed by atoms with Crippen molar-refractivity contribution < 1.29 is 23.9 Å². The van der Waals surface area contributed by atoms with Crippen LogP contribution in [0.1, 0.15) is 37.3 Å². The van der Waals surface area contributed by atoms with Crippen LogP contribution in [-0.4, -0.2) is 35.9 Å². The summed E-state index contributed by atoms with van der Waals surface area (Å²) in [5.41, 5.74) is 4.83. The minimum Gasteiger partial charge on any atom is -0.440 e. The molecule has 0 aromatic heterocycles. The van der Waals surface area contributed by atoms with Gasteiger partial charge in [-0.15, -0.1) is 0 Å². The van der Waals surface area contributed by atoms with Crippen molar-refractivity contribution in [3.63, 3.8) is 0 Å². The van der Waals surface area contributed by atoms with Crippen molar-refractivity contribution >= 4 is 11.9 Å². The molecule has 162 valence electrons. The van der Waals surface area contributed by atoms with E-state index >= 15 is 0 Å². The van der Waals surface area contributed by atoms with Gasteiger partial charge in [0, 0.05) is 25.1 Å². The zero-order valence-electron chi connectivity index (χ0n) is 17.7. The molecule has 2 heterocycles. The molecule has 2 unspecified atom stereocenters. The number of carbonyl (C=O) groups is 2. The zero-order chi connectivity index (χ0) is 21.6. The average molecular weight is 421 g/mol. The molecule has 31 heavy (non-hydrogen) atoms. The van der Waals surface area contributed by atoms with Crippen LogP contribution in [0.25, 0.3) is 11.1 Å². The quantitative estimate of drug-likeness (QED) is 0.652. The van der Waals surface area contributed by atoms with Crippen molar-refractivity contribution in [3.05, 3.63) is 71.8 Å². The van der Waals surface area contributed by atoms with E-state index in [1.165, 1.54) is 21.8 Å². The largest absolute Gasteiger partial charge is 0.440 e. The Morgan fingerprint density at radius 3 is 2.26 bits per heavy atom. The minimum atomic E-state index is -0.627. The van der Waals surface area contributed by atoms with Gasteiger partial charge in [-0.05, 0) is 35.1 Å². The van der Waals surface area contributed by atoms with Crippen LogP contribution in [0.5, 0.6) is 0 Å². The van der Waals surface area contributed by atoms with Gasteiger partial charge in [0.25, 0.3) is 0 Å². The molecule has 6 heteroatoms. The molecule has 0 N–H and O–H groups in total. The summed E-state index contributed by atoms with van der Waals surface area (Å²) in [7, 11) is 0. The monoisotopic (exact) mass is 421 g/mol. The number of hydrogen-bond acceptors (Lipinski definition) is 6. The molecule has 2 aliphatic heterocycles. The van der Waals surface area contributed by atoms with Gasteiger partial charge in [-0.25, -0.2) is 9.59 Å². The lowest BCUT2D eigenvalue weighted by atomic mass is 10.0. The number of carbonyl (C=O) groups excluding carboxylic acids is 2. The minimum absolute atomic E-state index is 0.0815. The lowest BCUT2D eigenvalue weighted by molar-refractivity contribution is -0.258. The summed E-state index contributed by atoms with van der Waals surface area (Å²) in [5.74, 6) is -1.12. The summed E-state index contributed by atoms with van der Waals surface area (Å²) in [6, 6.07) is 17.1. The molecule has 0 spiro atoms.